The minimum Gasteiger partial charge on any atom is -0.495 e. The van der Waals surface area contributed by atoms with Crippen LogP contribution in [0.4, 0.5) is 11.6 Å². The zero-order chi connectivity index (χ0) is 28.6. The van der Waals surface area contributed by atoms with Gasteiger partial charge in [-0.25, -0.2) is 9.97 Å². The molecule has 10 nitrogen and oxygen atoms in total. The van der Waals surface area contributed by atoms with Crippen molar-refractivity contribution in [2.75, 3.05) is 64.8 Å². The molecule has 3 aromatic rings. The van der Waals surface area contributed by atoms with E-state index in [1.807, 2.05) is 12.1 Å². The van der Waals surface area contributed by atoms with E-state index in [0.29, 0.717) is 57.9 Å². The number of nitrogens with zero attached hydrogens (tertiary/aromatic N) is 4. The molecule has 0 bridgehead atoms. The molecule has 2 aliphatic heterocycles. The topological polar surface area (TPSA) is 101 Å². The zero-order valence-electron chi connectivity index (χ0n) is 22.8. The highest BCUT2D eigenvalue weighted by Gasteiger charge is 2.32. The molecule has 1 amide bonds. The molecule has 0 spiro atoms. The maximum Gasteiger partial charge on any atom is 0.243 e. The summed E-state index contributed by atoms with van der Waals surface area (Å²) < 4.78 is 16.6. The molecule has 212 valence electrons. The third-order valence-corrected chi connectivity index (χ3v) is 8.09. The molecule has 2 aromatic heterocycles. The van der Waals surface area contributed by atoms with Crippen LogP contribution in [0.1, 0.15) is 0 Å². The fourth-order valence-corrected chi connectivity index (χ4v) is 5.61. The lowest BCUT2D eigenvalue weighted by Crippen LogP contribution is -2.57. The van der Waals surface area contributed by atoms with Gasteiger partial charge >= 0.3 is 0 Å². The average molecular weight is 588 g/mol. The Morgan fingerprint density at radius 3 is 2.42 bits per heavy atom. The number of fused-ring (bicyclic) bond motifs is 1. The fraction of sp³-hybridized carbons (Fsp3) is 0.393. The number of carbonyl (C=O) groups is 1. The summed E-state index contributed by atoms with van der Waals surface area (Å²) in [5, 5.41) is 8.82. The predicted molar refractivity (Wildman–Crippen MR) is 158 cm³/mol. The third kappa shape index (κ3) is 5.36. The van der Waals surface area contributed by atoms with Gasteiger partial charge in [0, 0.05) is 47.7 Å². The Bertz CT molecular complexity index is 1420. The third-order valence-electron chi connectivity index (χ3n) is 7.34. The molecule has 2 saturated heterocycles. The second-order valence-electron chi connectivity index (χ2n) is 10.0. The number of likely N-dealkylation sites (N-methyl/N-ethyl adjacent to an activating group) is 1. The van der Waals surface area contributed by atoms with Crippen LogP contribution in [0.5, 0.6) is 11.5 Å². The number of anilines is 2. The second kappa shape index (κ2) is 11.7. The summed E-state index contributed by atoms with van der Waals surface area (Å²) in [4.78, 5) is 26.0. The predicted octanol–water partition coefficient (Wildman–Crippen LogP) is 3.85. The number of rotatable bonds is 9. The summed E-state index contributed by atoms with van der Waals surface area (Å²) >= 11 is 13.5. The summed E-state index contributed by atoms with van der Waals surface area (Å²) in [6, 6.07) is 5.61. The Hall–Kier alpha value is -3.31. The van der Waals surface area contributed by atoms with E-state index in [2.05, 4.69) is 46.1 Å². The van der Waals surface area contributed by atoms with Crippen LogP contribution >= 0.6 is 23.2 Å². The molecule has 2 aliphatic rings. The van der Waals surface area contributed by atoms with Gasteiger partial charge in [-0.1, -0.05) is 29.8 Å². The lowest BCUT2D eigenvalue weighted by Gasteiger charge is -2.44. The average Bonchev–Trinajstić information content (AvgIpc) is 3.34. The number of carbonyl (C=O) groups excluding carboxylic acids is 1. The maximum atomic E-state index is 11.9. The van der Waals surface area contributed by atoms with Gasteiger partial charge in [-0.15, -0.1) is 0 Å². The summed E-state index contributed by atoms with van der Waals surface area (Å²) in [5.41, 5.74) is 1.11. The standard InChI is InChI=1S/C28H32Cl2N6O4/c1-6-24(37)33-20-14-40-13-19(20)32-23-8-17-15(10-31-23)7-18(34-28(17)36-11-16(12-36)35(2)3)25-26(29)21(38-4)9-22(39-5)27(25)30/h6-10,16,19-20H,1,11-14H2,2-5H3,(H,31,32)(H,33,37)/t19-,20+/m1/s1. The molecule has 40 heavy (non-hydrogen) atoms. The van der Waals surface area contributed by atoms with Crippen molar-refractivity contribution in [1.29, 1.82) is 0 Å². The van der Waals surface area contributed by atoms with Gasteiger partial charge in [-0.05, 0) is 32.3 Å². The van der Waals surface area contributed by atoms with Crippen molar-refractivity contribution in [3.05, 3.63) is 47.1 Å². The van der Waals surface area contributed by atoms with E-state index in [0.717, 1.165) is 29.7 Å². The number of nitrogens with one attached hydrogen (secondary N) is 2. The van der Waals surface area contributed by atoms with Crippen molar-refractivity contribution in [2.45, 2.75) is 18.1 Å². The SMILES string of the molecule is C=CC(=O)N[C@H]1COC[C@H]1Nc1cc2c(N3CC(N(C)C)C3)nc(-c3c(Cl)c(OC)cc(OC)c3Cl)cc2cn1. The Kier molecular flexibility index (Phi) is 8.23. The quantitative estimate of drug-likeness (QED) is 0.362. The number of benzene rings is 1. The molecule has 0 unspecified atom stereocenters. The maximum absolute atomic E-state index is 11.9. The first-order chi connectivity index (χ1) is 19.2. The minimum absolute atomic E-state index is 0.145. The number of halogens is 2. The Labute approximate surface area is 243 Å². The molecule has 0 radical (unpaired) electrons. The molecule has 4 heterocycles. The van der Waals surface area contributed by atoms with Crippen LogP contribution in [-0.2, 0) is 9.53 Å². The molecule has 0 aliphatic carbocycles. The normalized spacial score (nSPS) is 19.0. The number of aromatic nitrogens is 2. The Morgan fingerprint density at radius 1 is 1.12 bits per heavy atom. The van der Waals surface area contributed by atoms with Gasteiger partial charge in [0.1, 0.15) is 23.1 Å². The van der Waals surface area contributed by atoms with Crippen LogP contribution in [0.15, 0.2) is 37.1 Å². The van der Waals surface area contributed by atoms with Crippen LogP contribution < -0.4 is 25.0 Å². The van der Waals surface area contributed by atoms with Gasteiger partial charge in [0.2, 0.25) is 5.91 Å². The van der Waals surface area contributed by atoms with E-state index in [-0.39, 0.29) is 18.0 Å². The van der Waals surface area contributed by atoms with Crippen molar-refractivity contribution in [2.24, 2.45) is 0 Å². The number of pyridine rings is 2. The zero-order valence-corrected chi connectivity index (χ0v) is 24.3. The summed E-state index contributed by atoms with van der Waals surface area (Å²) in [6.07, 6.45) is 3.05. The van der Waals surface area contributed by atoms with E-state index in [1.165, 1.54) is 6.08 Å². The lowest BCUT2D eigenvalue weighted by molar-refractivity contribution is -0.117. The highest BCUT2D eigenvalue weighted by Crippen LogP contribution is 2.46. The smallest absolute Gasteiger partial charge is 0.243 e. The number of ether oxygens (including phenoxy) is 3. The van der Waals surface area contributed by atoms with Crippen molar-refractivity contribution >= 4 is 51.5 Å². The van der Waals surface area contributed by atoms with Gasteiger partial charge in [0.15, 0.2) is 0 Å². The highest BCUT2D eigenvalue weighted by molar-refractivity contribution is 6.41. The summed E-state index contributed by atoms with van der Waals surface area (Å²) in [5.74, 6) is 2.08. The van der Waals surface area contributed by atoms with E-state index in [9.17, 15) is 4.79 Å². The first-order valence-electron chi connectivity index (χ1n) is 12.8. The molecular weight excluding hydrogens is 555 g/mol. The van der Waals surface area contributed by atoms with E-state index in [1.54, 1.807) is 26.5 Å². The van der Waals surface area contributed by atoms with Gasteiger partial charge in [-0.2, -0.15) is 0 Å². The van der Waals surface area contributed by atoms with Gasteiger partial charge in [0.25, 0.3) is 0 Å². The van der Waals surface area contributed by atoms with E-state index >= 15 is 0 Å². The molecular formula is C28H32Cl2N6O4. The van der Waals surface area contributed by atoms with Crippen LogP contribution in [0.25, 0.3) is 22.0 Å². The molecule has 5 rings (SSSR count). The van der Waals surface area contributed by atoms with Crippen LogP contribution in [0.3, 0.4) is 0 Å². The van der Waals surface area contributed by atoms with Crippen molar-refractivity contribution in [3.8, 4) is 22.8 Å². The first-order valence-corrected chi connectivity index (χ1v) is 13.6. The molecule has 2 fully saturated rings. The molecule has 2 N–H and O–H groups in total. The second-order valence-corrected chi connectivity index (χ2v) is 10.8. The molecule has 12 heteroatoms. The van der Waals surface area contributed by atoms with E-state index < -0.39 is 0 Å². The van der Waals surface area contributed by atoms with Gasteiger partial charge in [0.05, 0.1) is 55.3 Å². The van der Waals surface area contributed by atoms with E-state index in [4.69, 9.17) is 42.4 Å². The Balaban J connectivity index is 1.57. The number of methoxy groups -OCH3 is 2. The number of amides is 1. The molecule has 2 atom stereocenters. The van der Waals surface area contributed by atoms with Crippen molar-refractivity contribution in [3.63, 3.8) is 0 Å². The van der Waals surface area contributed by atoms with Crippen molar-refractivity contribution in [1.82, 2.24) is 20.2 Å². The van der Waals surface area contributed by atoms with Crippen LogP contribution in [0, 0.1) is 0 Å². The summed E-state index contributed by atoms with van der Waals surface area (Å²) in [6.45, 7) is 6.02. The van der Waals surface area contributed by atoms with Crippen LogP contribution in [0.2, 0.25) is 10.0 Å². The van der Waals surface area contributed by atoms with Crippen LogP contribution in [-0.4, -0.2) is 93.5 Å². The Morgan fingerprint density at radius 2 is 1.80 bits per heavy atom. The fourth-order valence-electron chi connectivity index (χ4n) is 4.91. The molecule has 0 saturated carbocycles. The monoisotopic (exact) mass is 586 g/mol. The first kappa shape index (κ1) is 28.2. The largest absolute Gasteiger partial charge is 0.495 e. The number of hydrogen-bond acceptors (Lipinski definition) is 9. The highest BCUT2D eigenvalue weighted by atomic mass is 35.5. The van der Waals surface area contributed by atoms with Crippen molar-refractivity contribution < 1.29 is 19.0 Å². The lowest BCUT2D eigenvalue weighted by atomic mass is 10.0. The number of hydrogen-bond donors (Lipinski definition) is 2. The minimum atomic E-state index is -0.243. The molecule has 1 aromatic carbocycles. The van der Waals surface area contributed by atoms with Gasteiger partial charge in [-0.3, -0.25) is 4.79 Å². The summed E-state index contributed by atoms with van der Waals surface area (Å²) in [7, 11) is 7.23. The van der Waals surface area contributed by atoms with Gasteiger partial charge < -0.3 is 34.6 Å².